The number of rotatable bonds is 3. The molecule has 0 atom stereocenters. The lowest BCUT2D eigenvalue weighted by atomic mass is 10.0. The molecule has 22 heavy (non-hydrogen) atoms. The van der Waals surface area contributed by atoms with E-state index in [0.717, 1.165) is 16.8 Å². The zero-order chi connectivity index (χ0) is 15.7. The van der Waals surface area contributed by atoms with Crippen LogP contribution < -0.4 is 0 Å². The van der Waals surface area contributed by atoms with E-state index in [-0.39, 0.29) is 5.56 Å². The summed E-state index contributed by atoms with van der Waals surface area (Å²) >= 11 is 0. The molecule has 5 nitrogen and oxygen atoms in total. The first kappa shape index (κ1) is 14.0. The first-order valence-corrected chi connectivity index (χ1v) is 6.88. The molecule has 0 aliphatic carbocycles. The van der Waals surface area contributed by atoms with Gasteiger partial charge in [-0.25, -0.2) is 9.48 Å². The number of carbonyl (C=O) groups is 1. The van der Waals surface area contributed by atoms with Crippen molar-refractivity contribution >= 4 is 5.97 Å². The Morgan fingerprint density at radius 2 is 1.95 bits per heavy atom. The summed E-state index contributed by atoms with van der Waals surface area (Å²) in [5, 5.41) is 17.4. The quantitative estimate of drug-likeness (QED) is 0.805. The average Bonchev–Trinajstić information content (AvgIpc) is 2.97. The summed E-state index contributed by atoms with van der Waals surface area (Å²) in [7, 11) is 0. The monoisotopic (exact) mass is 293 g/mol. The molecule has 0 amide bonds. The number of aromatic nitrogens is 3. The van der Waals surface area contributed by atoms with Gasteiger partial charge in [0.15, 0.2) is 0 Å². The van der Waals surface area contributed by atoms with Gasteiger partial charge in [-0.2, -0.15) is 0 Å². The van der Waals surface area contributed by atoms with E-state index in [1.165, 1.54) is 5.56 Å². The van der Waals surface area contributed by atoms with Gasteiger partial charge in [-0.15, -0.1) is 5.10 Å². The summed E-state index contributed by atoms with van der Waals surface area (Å²) in [5.41, 5.74) is 5.00. The van der Waals surface area contributed by atoms with Crippen molar-refractivity contribution in [2.45, 2.75) is 13.8 Å². The Hall–Kier alpha value is -2.95. The number of carboxylic acids is 1. The van der Waals surface area contributed by atoms with E-state index in [9.17, 15) is 4.79 Å². The smallest absolute Gasteiger partial charge is 0.335 e. The summed E-state index contributed by atoms with van der Waals surface area (Å²) in [6, 6.07) is 12.8. The SMILES string of the molecule is Cc1ccc(-c2cn(-c3cccc(C(=O)O)c3)nn2)c(C)c1. The highest BCUT2D eigenvalue weighted by molar-refractivity contribution is 5.88. The van der Waals surface area contributed by atoms with Crippen molar-refractivity contribution in [1.82, 2.24) is 15.0 Å². The number of hydrogen-bond acceptors (Lipinski definition) is 3. The molecular weight excluding hydrogens is 278 g/mol. The normalized spacial score (nSPS) is 10.6. The van der Waals surface area contributed by atoms with E-state index >= 15 is 0 Å². The molecule has 3 aromatic rings. The summed E-state index contributed by atoms with van der Waals surface area (Å²) in [5.74, 6) is -0.962. The largest absolute Gasteiger partial charge is 0.478 e. The van der Waals surface area contributed by atoms with Gasteiger partial charge < -0.3 is 5.11 Å². The lowest BCUT2D eigenvalue weighted by Gasteiger charge is -2.03. The van der Waals surface area contributed by atoms with Crippen LogP contribution in [0.2, 0.25) is 0 Å². The molecule has 0 spiro atoms. The summed E-state index contributed by atoms with van der Waals surface area (Å²) in [6.45, 7) is 4.08. The van der Waals surface area contributed by atoms with Crippen molar-refractivity contribution in [3.63, 3.8) is 0 Å². The van der Waals surface area contributed by atoms with Gasteiger partial charge in [0.2, 0.25) is 0 Å². The summed E-state index contributed by atoms with van der Waals surface area (Å²) in [4.78, 5) is 11.0. The van der Waals surface area contributed by atoms with Crippen LogP contribution >= 0.6 is 0 Å². The van der Waals surface area contributed by atoms with Crippen molar-refractivity contribution < 1.29 is 9.90 Å². The maximum absolute atomic E-state index is 11.0. The Morgan fingerprint density at radius 1 is 1.14 bits per heavy atom. The van der Waals surface area contributed by atoms with Crippen LogP contribution in [0.15, 0.2) is 48.7 Å². The van der Waals surface area contributed by atoms with Crippen LogP contribution in [0.25, 0.3) is 16.9 Å². The van der Waals surface area contributed by atoms with Gasteiger partial charge in [0.1, 0.15) is 5.69 Å². The van der Waals surface area contributed by atoms with Crippen molar-refractivity contribution in [3.8, 4) is 16.9 Å². The molecule has 0 saturated heterocycles. The molecule has 5 heteroatoms. The minimum atomic E-state index is -0.962. The lowest BCUT2D eigenvalue weighted by molar-refractivity contribution is 0.0697. The minimum absolute atomic E-state index is 0.223. The third-order valence-electron chi connectivity index (χ3n) is 3.51. The Bertz CT molecular complexity index is 853. The number of hydrogen-bond donors (Lipinski definition) is 1. The third-order valence-corrected chi connectivity index (χ3v) is 3.51. The van der Waals surface area contributed by atoms with Gasteiger partial charge in [-0.3, -0.25) is 0 Å². The molecule has 0 radical (unpaired) electrons. The Balaban J connectivity index is 2.00. The van der Waals surface area contributed by atoms with Gasteiger partial charge >= 0.3 is 5.97 Å². The first-order valence-electron chi connectivity index (χ1n) is 6.88. The topological polar surface area (TPSA) is 68.0 Å². The van der Waals surface area contributed by atoms with Crippen LogP contribution in [-0.2, 0) is 0 Å². The van der Waals surface area contributed by atoms with Crippen molar-refractivity contribution in [2.24, 2.45) is 0 Å². The van der Waals surface area contributed by atoms with E-state index in [1.54, 1.807) is 35.1 Å². The van der Waals surface area contributed by atoms with Crippen LogP contribution in [0.4, 0.5) is 0 Å². The molecule has 0 bridgehead atoms. The van der Waals surface area contributed by atoms with E-state index in [1.807, 2.05) is 26.0 Å². The zero-order valence-corrected chi connectivity index (χ0v) is 12.3. The van der Waals surface area contributed by atoms with Gasteiger partial charge in [-0.05, 0) is 37.6 Å². The number of aromatic carboxylic acids is 1. The average molecular weight is 293 g/mol. The molecule has 0 aliphatic heterocycles. The number of nitrogens with zero attached hydrogens (tertiary/aromatic N) is 3. The summed E-state index contributed by atoms with van der Waals surface area (Å²) < 4.78 is 1.58. The third kappa shape index (κ3) is 2.61. The van der Waals surface area contributed by atoms with Crippen LogP contribution in [-0.4, -0.2) is 26.1 Å². The van der Waals surface area contributed by atoms with Gasteiger partial charge in [0, 0.05) is 5.56 Å². The van der Waals surface area contributed by atoms with E-state index in [0.29, 0.717) is 5.69 Å². The van der Waals surface area contributed by atoms with Gasteiger partial charge in [0.05, 0.1) is 17.4 Å². The van der Waals surface area contributed by atoms with Crippen LogP contribution in [0.3, 0.4) is 0 Å². The van der Waals surface area contributed by atoms with Crippen LogP contribution in [0.5, 0.6) is 0 Å². The Labute approximate surface area is 127 Å². The second-order valence-corrected chi connectivity index (χ2v) is 5.22. The minimum Gasteiger partial charge on any atom is -0.478 e. The van der Waals surface area contributed by atoms with Gasteiger partial charge in [0.25, 0.3) is 0 Å². The van der Waals surface area contributed by atoms with Crippen LogP contribution in [0, 0.1) is 13.8 Å². The lowest BCUT2D eigenvalue weighted by Crippen LogP contribution is -2.00. The van der Waals surface area contributed by atoms with Crippen molar-refractivity contribution in [1.29, 1.82) is 0 Å². The fourth-order valence-electron chi connectivity index (χ4n) is 2.40. The van der Waals surface area contributed by atoms with E-state index < -0.39 is 5.97 Å². The molecule has 0 aliphatic rings. The molecule has 1 N–H and O–H groups in total. The fraction of sp³-hybridized carbons (Fsp3) is 0.118. The van der Waals surface area contributed by atoms with Crippen molar-refractivity contribution in [3.05, 3.63) is 65.4 Å². The maximum atomic E-state index is 11.0. The molecule has 110 valence electrons. The zero-order valence-electron chi connectivity index (χ0n) is 12.3. The second-order valence-electron chi connectivity index (χ2n) is 5.22. The Kier molecular flexibility index (Phi) is 3.47. The van der Waals surface area contributed by atoms with Crippen LogP contribution in [0.1, 0.15) is 21.5 Å². The standard InChI is InChI=1S/C17H15N3O2/c1-11-6-7-15(12(2)8-11)16-10-20(19-18-16)14-5-3-4-13(9-14)17(21)22/h3-10H,1-2H3,(H,21,22). The molecule has 0 unspecified atom stereocenters. The predicted octanol–water partition coefficient (Wildman–Crippen LogP) is 3.25. The second kappa shape index (κ2) is 5.44. The Morgan fingerprint density at radius 3 is 2.68 bits per heavy atom. The highest BCUT2D eigenvalue weighted by Crippen LogP contribution is 2.22. The van der Waals surface area contributed by atoms with Crippen molar-refractivity contribution in [2.75, 3.05) is 0 Å². The number of aryl methyl sites for hydroxylation is 2. The molecular formula is C17H15N3O2. The molecule has 0 fully saturated rings. The summed E-state index contributed by atoms with van der Waals surface area (Å²) in [6.07, 6.45) is 1.80. The van der Waals surface area contributed by atoms with E-state index in [4.69, 9.17) is 5.11 Å². The molecule has 3 rings (SSSR count). The molecule has 1 aromatic heterocycles. The fourth-order valence-corrected chi connectivity index (χ4v) is 2.40. The molecule has 0 saturated carbocycles. The first-order chi connectivity index (χ1) is 10.5. The van der Waals surface area contributed by atoms with E-state index in [2.05, 4.69) is 16.4 Å². The molecule has 2 aromatic carbocycles. The van der Waals surface area contributed by atoms with Gasteiger partial charge in [-0.1, -0.05) is 35.0 Å². The maximum Gasteiger partial charge on any atom is 0.335 e. The molecule has 1 heterocycles. The number of carboxylic acid groups (broad SMARTS) is 1. The predicted molar refractivity (Wildman–Crippen MR) is 83.2 cm³/mol. The highest BCUT2D eigenvalue weighted by Gasteiger charge is 2.09. The number of benzene rings is 2. The highest BCUT2D eigenvalue weighted by atomic mass is 16.4.